The Morgan fingerprint density at radius 2 is 1.46 bits per heavy atom. The lowest BCUT2D eigenvalue weighted by Gasteiger charge is -2.31. The maximum Gasteiger partial charge on any atom is 0.154 e. The molecule has 28 heavy (non-hydrogen) atoms. The summed E-state index contributed by atoms with van der Waals surface area (Å²) in [4.78, 5) is 11.3. The number of benzene rings is 2. The van der Waals surface area contributed by atoms with Crippen LogP contribution >= 0.6 is 17.0 Å². The number of hydrogen-bond donors (Lipinski definition) is 2. The molecule has 1 aliphatic rings. The van der Waals surface area contributed by atoms with Crippen molar-refractivity contribution in [2.75, 3.05) is 26.2 Å². The Morgan fingerprint density at radius 1 is 1.04 bits per heavy atom. The first kappa shape index (κ1) is 24.3. The monoisotopic (exact) mass is 451 g/mol. The summed E-state index contributed by atoms with van der Waals surface area (Å²) in [6.07, 6.45) is 0.974. The topological polar surface area (TPSA) is 80.6 Å². The Morgan fingerprint density at radius 3 is 1.71 bits per heavy atom. The van der Waals surface area contributed by atoms with Gasteiger partial charge >= 0.3 is 0 Å². The third kappa shape index (κ3) is 5.41. The molecule has 154 valence electrons. The van der Waals surface area contributed by atoms with Gasteiger partial charge in [0.15, 0.2) is 5.60 Å². The molecule has 0 saturated carbocycles. The van der Waals surface area contributed by atoms with Crippen LogP contribution in [0.1, 0.15) is 31.4 Å². The summed E-state index contributed by atoms with van der Waals surface area (Å²) in [6, 6.07) is 16.4. The van der Waals surface area contributed by atoms with E-state index < -0.39 is 11.6 Å². The smallest absolute Gasteiger partial charge is 0.154 e. The van der Waals surface area contributed by atoms with Crippen LogP contribution in [0, 0.1) is 0 Å². The fourth-order valence-corrected chi connectivity index (χ4v) is 3.61. The highest BCUT2D eigenvalue weighted by Crippen LogP contribution is 2.28. The van der Waals surface area contributed by atoms with Gasteiger partial charge in [-0.25, -0.2) is 0 Å². The molecule has 3 rings (SSSR count). The van der Waals surface area contributed by atoms with E-state index in [9.17, 15) is 20.1 Å². The molecular formula is C22H30BrNO4. The number of carbonyl (C=O) groups excluding carboxylic acids is 1. The molecule has 0 aromatic heterocycles. The highest BCUT2D eigenvalue weighted by atomic mass is 79.9. The third-order valence-corrected chi connectivity index (χ3v) is 5.55. The van der Waals surface area contributed by atoms with Crippen LogP contribution < -0.4 is 5.11 Å². The molecule has 1 atom stereocenters. The highest BCUT2D eigenvalue weighted by Gasteiger charge is 2.34. The van der Waals surface area contributed by atoms with Gasteiger partial charge in [0.05, 0.1) is 25.6 Å². The molecule has 0 amide bonds. The molecular weight excluding hydrogens is 422 g/mol. The summed E-state index contributed by atoms with van der Waals surface area (Å²) in [5.41, 5.74) is -1.54. The Bertz CT molecular complexity index is 680. The van der Waals surface area contributed by atoms with Gasteiger partial charge in [-0.3, -0.25) is 0 Å². The quantitative estimate of drug-likeness (QED) is 0.679. The second kappa shape index (κ2) is 10.7. The number of likely N-dealkylation sites (N-methyl/N-ethyl adjacent to an activating group) is 1. The largest absolute Gasteiger partial charge is 0.546 e. The highest BCUT2D eigenvalue weighted by molar-refractivity contribution is 8.93. The van der Waals surface area contributed by atoms with Crippen molar-refractivity contribution in [2.45, 2.75) is 32.0 Å². The van der Waals surface area contributed by atoms with E-state index in [1.54, 1.807) is 60.7 Å². The molecule has 1 saturated heterocycles. The van der Waals surface area contributed by atoms with E-state index in [0.29, 0.717) is 0 Å². The second-order valence-corrected chi connectivity index (χ2v) is 7.05. The number of likely N-dealkylation sites (tertiary alicyclic amines) is 1. The molecule has 1 aliphatic heterocycles. The minimum absolute atomic E-state index is 0. The number of hydrogen-bond acceptors (Lipinski definition) is 4. The first-order valence-corrected chi connectivity index (χ1v) is 9.46. The first-order chi connectivity index (χ1) is 12.9. The van der Waals surface area contributed by atoms with Gasteiger partial charge in [0, 0.05) is 6.42 Å². The number of halogens is 1. The fraction of sp³-hybridized carbons (Fsp3) is 0.409. The molecule has 5 nitrogen and oxygen atoms in total. The Kier molecular flexibility index (Phi) is 9.30. The van der Waals surface area contributed by atoms with Gasteiger partial charge in [0.1, 0.15) is 12.6 Å². The minimum Gasteiger partial charge on any atom is -0.546 e. The summed E-state index contributed by atoms with van der Waals surface area (Å²) in [7, 11) is 0. The molecule has 2 N–H and O–H groups in total. The van der Waals surface area contributed by atoms with Gasteiger partial charge in [-0.2, -0.15) is 0 Å². The van der Waals surface area contributed by atoms with E-state index in [0.717, 1.165) is 17.4 Å². The average molecular weight is 452 g/mol. The predicted molar refractivity (Wildman–Crippen MR) is 113 cm³/mol. The van der Waals surface area contributed by atoms with Crippen molar-refractivity contribution in [3.05, 3.63) is 71.8 Å². The van der Waals surface area contributed by atoms with Crippen molar-refractivity contribution >= 4 is 23.0 Å². The van der Waals surface area contributed by atoms with Gasteiger partial charge in [-0.15, -0.1) is 17.0 Å². The molecule has 0 radical (unpaired) electrons. The summed E-state index contributed by atoms with van der Waals surface area (Å²) < 4.78 is 1.13. The molecule has 2 aromatic rings. The van der Waals surface area contributed by atoms with Crippen LogP contribution in [0.3, 0.4) is 0 Å². The minimum atomic E-state index is -2.11. The molecule has 0 bridgehead atoms. The number of carboxylic acid groups (broad SMARTS) is 1. The van der Waals surface area contributed by atoms with E-state index in [4.69, 9.17) is 0 Å². The molecule has 1 fully saturated rings. The molecule has 1 heterocycles. The zero-order valence-electron chi connectivity index (χ0n) is 16.5. The number of rotatable bonds is 5. The molecule has 2 aromatic carbocycles. The van der Waals surface area contributed by atoms with Crippen LogP contribution in [0.4, 0.5) is 0 Å². The zero-order chi connectivity index (χ0) is 19.9. The van der Waals surface area contributed by atoms with Gasteiger partial charge in [0.2, 0.25) is 0 Å². The number of carbonyl (C=O) groups is 1. The fourth-order valence-electron chi connectivity index (χ4n) is 3.61. The summed E-state index contributed by atoms with van der Waals surface area (Å²) >= 11 is 0. The van der Waals surface area contributed by atoms with Gasteiger partial charge in [0.25, 0.3) is 0 Å². The normalized spacial score (nSPS) is 17.8. The van der Waals surface area contributed by atoms with Gasteiger partial charge in [-0.1, -0.05) is 60.7 Å². The van der Waals surface area contributed by atoms with Crippen molar-refractivity contribution < 1.29 is 24.6 Å². The van der Waals surface area contributed by atoms with Crippen LogP contribution in [0.15, 0.2) is 60.7 Å². The van der Waals surface area contributed by atoms with Crippen molar-refractivity contribution in [3.63, 3.8) is 0 Å². The van der Waals surface area contributed by atoms with Gasteiger partial charge < -0.3 is 24.6 Å². The summed E-state index contributed by atoms with van der Waals surface area (Å²) in [5, 5.41) is 30.9. The van der Waals surface area contributed by atoms with Gasteiger partial charge in [-0.05, 0) is 25.0 Å². The lowest BCUT2D eigenvalue weighted by atomic mass is 9.86. The zero-order valence-corrected chi connectivity index (χ0v) is 18.2. The first-order valence-electron chi connectivity index (χ1n) is 9.46. The van der Waals surface area contributed by atoms with Crippen LogP contribution in [-0.4, -0.2) is 52.9 Å². The second-order valence-electron chi connectivity index (χ2n) is 7.05. The number of carboxylic acids is 1. The van der Waals surface area contributed by atoms with E-state index in [1.165, 1.54) is 19.6 Å². The number of aliphatic carboxylic acids is 1. The Hall–Kier alpha value is -1.73. The van der Waals surface area contributed by atoms with E-state index in [1.807, 2.05) is 0 Å². The lowest BCUT2D eigenvalue weighted by molar-refractivity contribution is -0.914. The van der Waals surface area contributed by atoms with Crippen molar-refractivity contribution in [1.82, 2.24) is 0 Å². The average Bonchev–Trinajstić information content (AvgIpc) is 3.10. The Balaban J connectivity index is 0.000000307. The van der Waals surface area contributed by atoms with Crippen LogP contribution in [0.5, 0.6) is 0 Å². The van der Waals surface area contributed by atoms with Crippen molar-refractivity contribution in [3.8, 4) is 0 Å². The summed E-state index contributed by atoms with van der Waals surface area (Å²) in [5.74, 6) is -1.53. The van der Waals surface area contributed by atoms with E-state index in [2.05, 4.69) is 13.8 Å². The summed E-state index contributed by atoms with van der Waals surface area (Å²) in [6.45, 7) is 8.92. The van der Waals surface area contributed by atoms with Crippen molar-refractivity contribution in [2.24, 2.45) is 0 Å². The van der Waals surface area contributed by atoms with Crippen LogP contribution in [0.25, 0.3) is 0 Å². The molecule has 1 unspecified atom stereocenters. The third-order valence-electron chi connectivity index (χ3n) is 5.55. The standard InChI is InChI=1S/C14H12O3.C8H18NO.BrH/c15-13(16)14(17,11-7-3-1-4-8-11)12-9-5-2-6-10-12;1-3-9(4-2)6-5-8(10)7-9;/h1-10,17H,(H,15,16);8,10H,3-7H2,1-2H3;1H/q;+1;/p-1. The van der Waals surface area contributed by atoms with E-state index in [-0.39, 0.29) is 34.2 Å². The molecule has 0 spiro atoms. The predicted octanol–water partition coefficient (Wildman–Crippen LogP) is 1.86. The number of aliphatic hydroxyl groups is 2. The van der Waals surface area contributed by atoms with Crippen molar-refractivity contribution in [1.29, 1.82) is 0 Å². The number of quaternary nitrogens is 1. The Labute approximate surface area is 177 Å². The maximum atomic E-state index is 11.3. The SMILES string of the molecule is Br.CC[N+]1(CC)CCC(O)C1.O=C([O-])C(O)(c1ccccc1)c1ccccc1. The molecule has 0 aliphatic carbocycles. The van der Waals surface area contributed by atoms with Crippen LogP contribution in [-0.2, 0) is 10.4 Å². The number of aliphatic hydroxyl groups excluding tert-OH is 1. The number of nitrogens with zero attached hydrogens (tertiary/aromatic N) is 1. The molecule has 6 heteroatoms. The van der Waals surface area contributed by atoms with Crippen LogP contribution in [0.2, 0.25) is 0 Å². The lowest BCUT2D eigenvalue weighted by Crippen LogP contribution is -2.46. The van der Waals surface area contributed by atoms with E-state index >= 15 is 0 Å². The maximum absolute atomic E-state index is 11.3.